The number of nitrogens with zero attached hydrogens (tertiary/aromatic N) is 2. The minimum atomic E-state index is -1.08. The van der Waals surface area contributed by atoms with Crippen LogP contribution in [0, 0.1) is 0 Å². The van der Waals surface area contributed by atoms with E-state index in [1.807, 2.05) is 0 Å². The fraction of sp³-hybridized carbons (Fsp3) is 0.500. The van der Waals surface area contributed by atoms with E-state index in [0.717, 1.165) is 9.91 Å². The number of rotatable bonds is 3. The molecule has 1 N–H and O–H groups in total. The monoisotopic (exact) mass is 281 g/mol. The van der Waals surface area contributed by atoms with Crippen LogP contribution < -0.4 is 5.43 Å². The van der Waals surface area contributed by atoms with Gasteiger partial charge in [-0.15, -0.1) is 0 Å². The van der Waals surface area contributed by atoms with E-state index in [1.54, 1.807) is 13.8 Å². The summed E-state index contributed by atoms with van der Waals surface area (Å²) >= 11 is 0. The van der Waals surface area contributed by atoms with Gasteiger partial charge in [0.05, 0.1) is 12.2 Å². The summed E-state index contributed by atoms with van der Waals surface area (Å²) in [6.07, 6.45) is 0. The fourth-order valence-corrected chi connectivity index (χ4v) is 2.28. The van der Waals surface area contributed by atoms with Crippen molar-refractivity contribution in [3.8, 4) is 0 Å². The Balaban J connectivity index is 2.48. The summed E-state index contributed by atoms with van der Waals surface area (Å²) in [5.74, 6) is -2.31. The molecule has 0 radical (unpaired) electrons. The molecule has 0 saturated carbocycles. The van der Waals surface area contributed by atoms with Crippen LogP contribution in [0.3, 0.4) is 0 Å². The first-order valence-electron chi connectivity index (χ1n) is 6.27. The molecule has 0 aromatic heterocycles. The predicted molar refractivity (Wildman–Crippen MR) is 65.5 cm³/mol. The largest absolute Gasteiger partial charge is 0.461 e. The summed E-state index contributed by atoms with van der Waals surface area (Å²) < 4.78 is 4.84. The first-order valence-corrected chi connectivity index (χ1v) is 6.27. The molecule has 2 aliphatic heterocycles. The van der Waals surface area contributed by atoms with Crippen LogP contribution in [-0.4, -0.2) is 52.8 Å². The Morgan fingerprint density at radius 3 is 2.45 bits per heavy atom. The first kappa shape index (κ1) is 14.0. The number of carbonyl (C=O) groups excluding carboxylic acids is 4. The molecule has 108 valence electrons. The average Bonchev–Trinajstić information content (AvgIpc) is 2.89. The molecule has 2 aliphatic rings. The molecule has 8 nitrogen and oxygen atoms in total. The molecular weight excluding hydrogens is 266 g/mol. The molecule has 3 amide bonds. The SMILES string of the molecule is CCOC(=O)C1=C2C(=O)N(CC)C(=O)[C@@H]2N(C(C)=O)N1. The third kappa shape index (κ3) is 1.84. The molecular formula is C12H15N3O5. The maximum Gasteiger partial charge on any atom is 0.356 e. The van der Waals surface area contributed by atoms with Crippen molar-refractivity contribution in [1.29, 1.82) is 0 Å². The topological polar surface area (TPSA) is 96.0 Å². The highest BCUT2D eigenvalue weighted by Gasteiger charge is 2.54. The second-order valence-electron chi connectivity index (χ2n) is 4.30. The fourth-order valence-electron chi connectivity index (χ4n) is 2.28. The Kier molecular flexibility index (Phi) is 3.47. The van der Waals surface area contributed by atoms with E-state index in [9.17, 15) is 19.2 Å². The van der Waals surface area contributed by atoms with Crippen molar-refractivity contribution in [3.05, 3.63) is 11.3 Å². The van der Waals surface area contributed by atoms with Gasteiger partial charge in [0.25, 0.3) is 11.8 Å². The number of likely N-dealkylation sites (tertiary alicyclic amines) is 1. The van der Waals surface area contributed by atoms with Crippen LogP contribution >= 0.6 is 0 Å². The summed E-state index contributed by atoms with van der Waals surface area (Å²) in [6.45, 7) is 4.82. The van der Waals surface area contributed by atoms with Crippen LogP contribution in [0.1, 0.15) is 20.8 Å². The normalized spacial score (nSPS) is 21.2. The zero-order chi connectivity index (χ0) is 15.0. The zero-order valence-corrected chi connectivity index (χ0v) is 11.4. The van der Waals surface area contributed by atoms with Gasteiger partial charge in [0.1, 0.15) is 0 Å². The number of carbonyl (C=O) groups is 4. The molecule has 0 bridgehead atoms. The van der Waals surface area contributed by atoms with Crippen LogP contribution in [0.4, 0.5) is 0 Å². The summed E-state index contributed by atoms with van der Waals surface area (Å²) in [5, 5.41) is 0.984. The molecule has 1 atom stereocenters. The van der Waals surface area contributed by atoms with Gasteiger partial charge in [-0.2, -0.15) is 0 Å². The van der Waals surface area contributed by atoms with E-state index in [0.29, 0.717) is 0 Å². The maximum atomic E-state index is 12.2. The van der Waals surface area contributed by atoms with Crippen molar-refractivity contribution in [1.82, 2.24) is 15.3 Å². The summed E-state index contributed by atoms with van der Waals surface area (Å²) in [4.78, 5) is 48.7. The third-order valence-corrected chi connectivity index (χ3v) is 3.14. The molecule has 0 aromatic carbocycles. The highest BCUT2D eigenvalue weighted by Crippen LogP contribution is 2.31. The molecule has 2 rings (SSSR count). The Bertz CT molecular complexity index is 539. The molecule has 0 aromatic rings. The highest BCUT2D eigenvalue weighted by molar-refractivity contribution is 6.21. The lowest BCUT2D eigenvalue weighted by Gasteiger charge is -2.22. The number of imide groups is 1. The van der Waals surface area contributed by atoms with Gasteiger partial charge in [-0.1, -0.05) is 0 Å². The van der Waals surface area contributed by atoms with E-state index in [2.05, 4.69) is 5.43 Å². The summed E-state index contributed by atoms with van der Waals surface area (Å²) in [6, 6.07) is -1.08. The van der Waals surface area contributed by atoms with Crippen LogP contribution in [0.15, 0.2) is 11.3 Å². The minimum absolute atomic E-state index is 0.0227. The van der Waals surface area contributed by atoms with E-state index in [4.69, 9.17) is 4.74 Å². The molecule has 0 aliphatic carbocycles. The number of likely N-dealkylation sites (N-methyl/N-ethyl adjacent to an activating group) is 1. The van der Waals surface area contributed by atoms with Crippen molar-refractivity contribution in [2.45, 2.75) is 26.8 Å². The quantitative estimate of drug-likeness (QED) is 0.522. The molecule has 0 spiro atoms. The number of nitrogens with one attached hydrogen (secondary N) is 1. The Hall–Kier alpha value is -2.38. The molecule has 1 saturated heterocycles. The van der Waals surface area contributed by atoms with Crippen molar-refractivity contribution < 1.29 is 23.9 Å². The number of esters is 1. The van der Waals surface area contributed by atoms with Crippen LogP contribution in [0.5, 0.6) is 0 Å². The second-order valence-corrected chi connectivity index (χ2v) is 4.30. The number of hydrogen-bond donors (Lipinski definition) is 1. The lowest BCUT2D eigenvalue weighted by atomic mass is 10.1. The molecule has 0 unspecified atom stereocenters. The van der Waals surface area contributed by atoms with E-state index in [1.165, 1.54) is 6.92 Å². The number of hydrogen-bond acceptors (Lipinski definition) is 6. The number of fused-ring (bicyclic) bond motifs is 1. The standard InChI is InChI=1S/C12H15N3O5/c1-4-14-10(17)7-8(12(19)20-5-2)13-15(6(3)16)9(7)11(14)18/h9,13H,4-5H2,1-3H3/t9-/m1/s1. The van der Waals surface area contributed by atoms with Crippen molar-refractivity contribution >= 4 is 23.7 Å². The summed E-state index contributed by atoms with van der Waals surface area (Å²) in [7, 11) is 0. The second kappa shape index (κ2) is 4.95. The van der Waals surface area contributed by atoms with E-state index in [-0.39, 0.29) is 24.4 Å². The van der Waals surface area contributed by atoms with Crippen LogP contribution in [-0.2, 0) is 23.9 Å². The Morgan fingerprint density at radius 2 is 1.95 bits per heavy atom. The van der Waals surface area contributed by atoms with E-state index < -0.39 is 29.7 Å². The van der Waals surface area contributed by atoms with Crippen LogP contribution in [0.2, 0.25) is 0 Å². The predicted octanol–water partition coefficient (Wildman–Crippen LogP) is -1.07. The van der Waals surface area contributed by atoms with Crippen molar-refractivity contribution in [2.24, 2.45) is 0 Å². The Morgan fingerprint density at radius 1 is 1.30 bits per heavy atom. The third-order valence-electron chi connectivity index (χ3n) is 3.14. The first-order chi connectivity index (χ1) is 9.43. The lowest BCUT2D eigenvalue weighted by molar-refractivity contribution is -0.146. The Labute approximate surface area is 115 Å². The molecule has 2 heterocycles. The van der Waals surface area contributed by atoms with Gasteiger partial charge >= 0.3 is 5.97 Å². The number of amides is 3. The van der Waals surface area contributed by atoms with Gasteiger partial charge in [0.2, 0.25) is 5.91 Å². The van der Waals surface area contributed by atoms with Crippen molar-refractivity contribution in [2.75, 3.05) is 13.2 Å². The minimum Gasteiger partial charge on any atom is -0.461 e. The molecule has 1 fully saturated rings. The van der Waals surface area contributed by atoms with Gasteiger partial charge in [0, 0.05) is 13.5 Å². The number of hydrazine groups is 1. The van der Waals surface area contributed by atoms with Gasteiger partial charge < -0.3 is 4.74 Å². The van der Waals surface area contributed by atoms with Gasteiger partial charge in [-0.3, -0.25) is 24.7 Å². The smallest absolute Gasteiger partial charge is 0.356 e. The van der Waals surface area contributed by atoms with Gasteiger partial charge in [0.15, 0.2) is 11.7 Å². The zero-order valence-electron chi connectivity index (χ0n) is 11.4. The lowest BCUT2D eigenvalue weighted by Crippen LogP contribution is -2.48. The molecule has 20 heavy (non-hydrogen) atoms. The van der Waals surface area contributed by atoms with Crippen LogP contribution in [0.25, 0.3) is 0 Å². The van der Waals surface area contributed by atoms with Crippen molar-refractivity contribution in [3.63, 3.8) is 0 Å². The maximum absolute atomic E-state index is 12.2. The van der Waals surface area contributed by atoms with Gasteiger partial charge in [-0.05, 0) is 13.8 Å². The van der Waals surface area contributed by atoms with E-state index >= 15 is 0 Å². The molecule has 8 heteroatoms. The summed E-state index contributed by atoms with van der Waals surface area (Å²) in [5.41, 5.74) is 2.34. The average molecular weight is 281 g/mol. The van der Waals surface area contributed by atoms with Gasteiger partial charge in [-0.25, -0.2) is 9.80 Å². The number of ether oxygens (including phenoxy) is 1. The highest BCUT2D eigenvalue weighted by atomic mass is 16.5.